The summed E-state index contributed by atoms with van der Waals surface area (Å²) in [5.41, 5.74) is 10.1. The molecule has 0 bridgehead atoms. The van der Waals surface area contributed by atoms with E-state index in [1.807, 2.05) is 12.1 Å². The molecule has 0 atom stereocenters. The molecule has 0 saturated heterocycles. The monoisotopic (exact) mass is 550 g/mol. The van der Waals surface area contributed by atoms with Gasteiger partial charge in [0.2, 0.25) is 0 Å². The van der Waals surface area contributed by atoms with Crippen LogP contribution in [0.5, 0.6) is 0 Å². The Labute approximate surface area is 227 Å². The Morgan fingerprint density at radius 3 is 1.37 bits per heavy atom. The van der Waals surface area contributed by atoms with E-state index in [1.54, 1.807) is 24.3 Å². The van der Waals surface area contributed by atoms with Gasteiger partial charge >= 0.3 is 0 Å². The smallest absolute Gasteiger partial charge is 0.123 e. The van der Waals surface area contributed by atoms with Crippen molar-refractivity contribution >= 4 is 28.8 Å². The molecule has 0 amide bonds. The zero-order valence-electron chi connectivity index (χ0n) is 20.0. The Balaban J connectivity index is 0.000000128. The molecule has 0 radical (unpaired) electrons. The number of hydrogen-bond acceptors (Lipinski definition) is 0. The van der Waals surface area contributed by atoms with Crippen molar-refractivity contribution in [3.05, 3.63) is 146 Å². The van der Waals surface area contributed by atoms with E-state index in [2.05, 4.69) is 0 Å². The van der Waals surface area contributed by atoms with Crippen LogP contribution in [0.15, 0.2) is 78.4 Å². The van der Waals surface area contributed by atoms with Gasteiger partial charge in [-0.15, -0.1) is 23.2 Å². The third kappa shape index (κ3) is 3.36. The molecule has 6 heteroatoms. The molecule has 0 heterocycles. The Bertz CT molecular complexity index is 1590. The van der Waals surface area contributed by atoms with Gasteiger partial charge in [0.1, 0.15) is 28.1 Å². The van der Waals surface area contributed by atoms with Crippen LogP contribution in [0.1, 0.15) is 44.5 Å². The van der Waals surface area contributed by atoms with E-state index in [9.17, 15) is 17.6 Å². The molecule has 4 aromatic rings. The molecule has 4 aliphatic carbocycles. The molecule has 8 rings (SSSR count). The Kier molecular flexibility index (Phi) is 5.18. The van der Waals surface area contributed by atoms with E-state index in [0.717, 1.165) is 57.3 Å². The first-order valence-corrected chi connectivity index (χ1v) is 13.2. The van der Waals surface area contributed by atoms with Crippen LogP contribution < -0.4 is 0 Å². The first-order valence-electron chi connectivity index (χ1n) is 12.4. The summed E-state index contributed by atoms with van der Waals surface area (Å²) in [5, 5.41) is 0. The summed E-state index contributed by atoms with van der Waals surface area (Å²) >= 11 is 13.7. The second kappa shape index (κ2) is 8.21. The molecule has 0 unspecified atom stereocenters. The van der Waals surface area contributed by atoms with Crippen LogP contribution in [0.4, 0.5) is 17.6 Å². The number of fused-ring (bicyclic) bond motifs is 9. The first kappa shape index (κ1) is 24.0. The van der Waals surface area contributed by atoms with Crippen LogP contribution in [0.2, 0.25) is 0 Å². The predicted molar refractivity (Wildman–Crippen MR) is 142 cm³/mol. The molecule has 4 aromatic carbocycles. The molecule has 0 saturated carbocycles. The lowest BCUT2D eigenvalue weighted by Gasteiger charge is -2.31. The lowest BCUT2D eigenvalue weighted by atomic mass is 9.90. The second-order valence-electron chi connectivity index (χ2n) is 10.5. The van der Waals surface area contributed by atoms with Crippen LogP contribution in [0.3, 0.4) is 0 Å². The minimum absolute atomic E-state index is 0.186. The van der Waals surface area contributed by atoms with E-state index in [-0.39, 0.29) is 23.3 Å². The predicted octanol–water partition coefficient (Wildman–Crippen LogP) is 8.42. The fourth-order valence-electron chi connectivity index (χ4n) is 6.76. The first-order chi connectivity index (χ1) is 18.2. The van der Waals surface area contributed by atoms with Gasteiger partial charge in [0.05, 0.1) is 4.87 Å². The fraction of sp³-hybridized carbons (Fsp3) is 0.188. The highest BCUT2D eigenvalue weighted by Gasteiger charge is 2.61. The number of rotatable bonds is 0. The summed E-state index contributed by atoms with van der Waals surface area (Å²) in [6.07, 6.45) is 2.56. The van der Waals surface area contributed by atoms with Crippen molar-refractivity contribution in [2.75, 3.05) is 0 Å². The van der Waals surface area contributed by atoms with E-state index < -0.39 is 9.75 Å². The van der Waals surface area contributed by atoms with Crippen molar-refractivity contribution in [1.29, 1.82) is 0 Å². The van der Waals surface area contributed by atoms with Gasteiger partial charge < -0.3 is 0 Å². The maximum absolute atomic E-state index is 13.4. The van der Waals surface area contributed by atoms with Gasteiger partial charge in [-0.2, -0.15) is 0 Å². The molecule has 0 aromatic heterocycles. The highest BCUT2D eigenvalue weighted by Crippen LogP contribution is 2.62. The average Bonchev–Trinajstić information content (AvgIpc) is 3.50. The largest absolute Gasteiger partial charge is 0.207 e. The van der Waals surface area contributed by atoms with Crippen molar-refractivity contribution < 1.29 is 17.6 Å². The van der Waals surface area contributed by atoms with Gasteiger partial charge in [-0.05, 0) is 124 Å². The van der Waals surface area contributed by atoms with Gasteiger partial charge in [0.25, 0.3) is 0 Å². The minimum atomic E-state index is -0.902. The quantitative estimate of drug-likeness (QED) is 0.152. The van der Waals surface area contributed by atoms with Crippen molar-refractivity contribution in [3.8, 4) is 0 Å². The lowest BCUT2D eigenvalue weighted by molar-refractivity contribution is 0.545. The van der Waals surface area contributed by atoms with Crippen molar-refractivity contribution in [2.45, 2.75) is 35.4 Å². The SMILES string of the molecule is Fc1ccc2c(c1)CC1(Cl)Cc3cc(F)ccc3C21Cl.Fc1ccc2c(c1)CC1=C2c2ccc(F)cc2C1. The normalized spacial score (nSPS) is 23.2. The number of benzene rings is 4. The van der Waals surface area contributed by atoms with Gasteiger partial charge in [0.15, 0.2) is 0 Å². The zero-order valence-corrected chi connectivity index (χ0v) is 21.5. The van der Waals surface area contributed by atoms with Crippen molar-refractivity contribution in [2.24, 2.45) is 0 Å². The Hall–Kier alpha value is -3.08. The second-order valence-corrected chi connectivity index (χ2v) is 11.8. The summed E-state index contributed by atoms with van der Waals surface area (Å²) in [6.45, 7) is 0. The van der Waals surface area contributed by atoms with Crippen LogP contribution in [0.25, 0.3) is 5.57 Å². The highest BCUT2D eigenvalue weighted by atomic mass is 35.5. The summed E-state index contributed by atoms with van der Waals surface area (Å²) in [5.74, 6) is -0.948. The summed E-state index contributed by atoms with van der Waals surface area (Å²) in [4.78, 5) is -1.65. The topological polar surface area (TPSA) is 0 Å². The molecule has 0 nitrogen and oxygen atoms in total. The van der Waals surface area contributed by atoms with Crippen molar-refractivity contribution in [3.63, 3.8) is 0 Å². The van der Waals surface area contributed by atoms with Crippen LogP contribution in [-0.2, 0) is 30.6 Å². The Morgan fingerprint density at radius 1 is 0.526 bits per heavy atom. The van der Waals surface area contributed by atoms with E-state index in [1.165, 1.54) is 47.5 Å². The van der Waals surface area contributed by atoms with Gasteiger partial charge in [-0.3, -0.25) is 0 Å². The number of allylic oxidation sites excluding steroid dienone is 1. The third-order valence-electron chi connectivity index (χ3n) is 8.27. The molecule has 0 fully saturated rings. The molecule has 0 spiro atoms. The highest BCUT2D eigenvalue weighted by molar-refractivity contribution is 6.38. The number of alkyl halides is 2. The van der Waals surface area contributed by atoms with E-state index in [4.69, 9.17) is 23.2 Å². The number of hydrogen-bond donors (Lipinski definition) is 0. The Morgan fingerprint density at radius 2 is 0.921 bits per heavy atom. The van der Waals surface area contributed by atoms with Gasteiger partial charge in [-0.25, -0.2) is 17.6 Å². The summed E-state index contributed by atoms with van der Waals surface area (Å²) < 4.78 is 53.2. The third-order valence-corrected chi connectivity index (χ3v) is 9.69. The van der Waals surface area contributed by atoms with E-state index >= 15 is 0 Å². The van der Waals surface area contributed by atoms with Crippen LogP contribution in [0, 0.1) is 23.3 Å². The lowest BCUT2D eigenvalue weighted by Crippen LogP contribution is -2.37. The average molecular weight is 551 g/mol. The zero-order chi connectivity index (χ0) is 26.4. The summed E-state index contributed by atoms with van der Waals surface area (Å²) in [7, 11) is 0. The minimum Gasteiger partial charge on any atom is -0.207 e. The molecule has 38 heavy (non-hydrogen) atoms. The van der Waals surface area contributed by atoms with E-state index in [0.29, 0.717) is 12.8 Å². The van der Waals surface area contributed by atoms with Crippen LogP contribution in [-0.4, -0.2) is 4.87 Å². The van der Waals surface area contributed by atoms with Crippen molar-refractivity contribution in [1.82, 2.24) is 0 Å². The molecular formula is C32H20Cl2F4. The summed E-state index contributed by atoms with van der Waals surface area (Å²) in [6, 6.07) is 19.0. The maximum atomic E-state index is 13.4. The van der Waals surface area contributed by atoms with Gasteiger partial charge in [-0.1, -0.05) is 29.8 Å². The molecule has 0 N–H and O–H groups in total. The maximum Gasteiger partial charge on any atom is 0.123 e. The standard InChI is InChI=1S/C16H10Cl2F2.C16H10F2/c17-15-7-9-5-11(19)1-3-13(9)16(15,18)14-4-2-12(20)6-10(14)8-15;17-12-1-3-14-9(7-12)5-11-6-10-8-13(18)2-4-15(10)16(11)14/h1-6H,7-8H2;1-4,7-8H,5-6H2. The molecule has 0 aliphatic heterocycles. The van der Waals surface area contributed by atoms with Gasteiger partial charge in [0, 0.05) is 0 Å². The van der Waals surface area contributed by atoms with Crippen LogP contribution >= 0.6 is 23.2 Å². The fourth-order valence-corrected chi connectivity index (χ4v) is 7.75. The molecule has 190 valence electrons. The molecular weight excluding hydrogens is 531 g/mol. The molecule has 4 aliphatic rings. The number of halogens is 6.